The van der Waals surface area contributed by atoms with Gasteiger partial charge in [0.1, 0.15) is 0 Å². The van der Waals surface area contributed by atoms with E-state index in [9.17, 15) is 4.57 Å². The normalized spacial score (nSPS) is 14.0. The van der Waals surface area contributed by atoms with Gasteiger partial charge in [-0.1, -0.05) is 0 Å². The second-order valence-corrected chi connectivity index (χ2v) is 6.11. The van der Waals surface area contributed by atoms with Crippen molar-refractivity contribution in [2.45, 2.75) is 0 Å². The van der Waals surface area contributed by atoms with Crippen LogP contribution in [0.5, 0.6) is 0 Å². The topological polar surface area (TPSA) is 101 Å². The Morgan fingerprint density at radius 2 is 1.38 bits per heavy atom. The molecular formula is C5H16O8PSiZr-. The fourth-order valence-electron chi connectivity index (χ4n) is 0.540. The van der Waals surface area contributed by atoms with Crippen molar-refractivity contribution in [3.05, 3.63) is 7.43 Å². The summed E-state index contributed by atoms with van der Waals surface area (Å²) in [7, 11) is -2.91. The Morgan fingerprint density at radius 3 is 1.56 bits per heavy atom. The van der Waals surface area contributed by atoms with Gasteiger partial charge in [0, 0.05) is 28.4 Å². The first-order chi connectivity index (χ1) is 6.95. The summed E-state index contributed by atoms with van der Waals surface area (Å²) in [5.41, 5.74) is 0. The summed E-state index contributed by atoms with van der Waals surface area (Å²) in [4.78, 5) is 8.96. The Morgan fingerprint density at radius 1 is 1.06 bits per heavy atom. The van der Waals surface area contributed by atoms with Crippen LogP contribution in [0.25, 0.3) is 0 Å². The Kier molecular flexibility index (Phi) is 15.2. The first-order valence-electron chi connectivity index (χ1n) is 3.40. The maximum absolute atomic E-state index is 11.0. The van der Waals surface area contributed by atoms with Crippen molar-refractivity contribution < 1.29 is 59.0 Å². The van der Waals surface area contributed by atoms with E-state index >= 15 is 0 Å². The van der Waals surface area contributed by atoms with Gasteiger partial charge in [-0.05, 0) is 0 Å². The molecule has 0 aliphatic heterocycles. The van der Waals surface area contributed by atoms with Crippen LogP contribution in [0.3, 0.4) is 0 Å². The quantitative estimate of drug-likeness (QED) is 0.417. The van der Waals surface area contributed by atoms with Crippen molar-refractivity contribution >= 4 is 16.9 Å². The third-order valence-electron chi connectivity index (χ3n) is 1.21. The predicted octanol–water partition coefficient (Wildman–Crippen LogP) is 0.454. The van der Waals surface area contributed by atoms with Gasteiger partial charge in [-0.3, -0.25) is 8.74 Å². The number of phosphoric acid groups is 1. The van der Waals surface area contributed by atoms with Crippen LogP contribution in [0.1, 0.15) is 0 Å². The molecule has 0 saturated heterocycles. The van der Waals surface area contributed by atoms with Crippen LogP contribution in [0.4, 0.5) is 0 Å². The second-order valence-electron chi connectivity index (χ2n) is 1.85. The molecular weight excluding hydrogens is 338 g/mol. The molecule has 0 saturated carbocycles. The van der Waals surface area contributed by atoms with E-state index in [0.29, 0.717) is 24.7 Å². The average Bonchev–Trinajstić information content (AvgIpc) is 2.29. The molecule has 0 aromatic carbocycles. The molecule has 0 rings (SSSR count). The van der Waals surface area contributed by atoms with E-state index in [1.54, 1.807) is 0 Å². The molecule has 0 aromatic heterocycles. The number of phosphoric ester groups is 1. The third-order valence-corrected chi connectivity index (χ3v) is 4.99. The number of hydrogen-bond donors (Lipinski definition) is 1. The number of rotatable bonds is 6. The van der Waals surface area contributed by atoms with Crippen molar-refractivity contribution in [2.24, 2.45) is 0 Å². The molecule has 16 heavy (non-hydrogen) atoms. The Labute approximate surface area is 112 Å². The van der Waals surface area contributed by atoms with Crippen LogP contribution in [-0.4, -0.2) is 42.4 Å². The molecule has 0 aliphatic carbocycles. The zero-order chi connectivity index (χ0) is 12.5. The molecule has 0 radical (unpaired) electrons. The molecule has 0 aliphatic rings. The van der Waals surface area contributed by atoms with E-state index in [1.165, 1.54) is 21.3 Å². The molecule has 1 atom stereocenters. The van der Waals surface area contributed by atoms with Crippen molar-refractivity contribution in [3.63, 3.8) is 0 Å². The van der Waals surface area contributed by atoms with Crippen LogP contribution in [-0.2, 0) is 54.1 Å². The van der Waals surface area contributed by atoms with E-state index in [-0.39, 0.29) is 7.43 Å². The van der Waals surface area contributed by atoms with Crippen molar-refractivity contribution in [1.82, 2.24) is 0 Å². The molecule has 11 heteroatoms. The van der Waals surface area contributed by atoms with Gasteiger partial charge in [-0.25, -0.2) is 4.57 Å². The molecule has 98 valence electrons. The van der Waals surface area contributed by atoms with Crippen molar-refractivity contribution in [3.8, 4) is 0 Å². The molecule has 0 aromatic rings. The first-order valence-corrected chi connectivity index (χ1v) is 7.53. The summed E-state index contributed by atoms with van der Waals surface area (Å²) in [5.74, 6) is 0. The summed E-state index contributed by atoms with van der Waals surface area (Å²) in [5, 5.41) is 0. The minimum atomic E-state index is -4.16. The average molecular weight is 354 g/mol. The summed E-state index contributed by atoms with van der Waals surface area (Å²) in [6, 6.07) is 0. The summed E-state index contributed by atoms with van der Waals surface area (Å²) >= 11 is 0.300. The minimum absolute atomic E-state index is 0. The van der Waals surface area contributed by atoms with E-state index < -0.39 is 16.9 Å². The zero-order valence-corrected chi connectivity index (χ0v) is 14.1. The summed E-state index contributed by atoms with van der Waals surface area (Å²) in [6.45, 7) is 0. The monoisotopic (exact) mass is 353 g/mol. The van der Waals surface area contributed by atoms with E-state index in [2.05, 4.69) is 8.74 Å². The van der Waals surface area contributed by atoms with Gasteiger partial charge in [0.15, 0.2) is 0 Å². The molecule has 8 nitrogen and oxygen atoms in total. The zero-order valence-electron chi connectivity index (χ0n) is 9.75. The molecule has 0 bridgehead atoms. The molecule has 1 N–H and O–H groups in total. The van der Waals surface area contributed by atoms with Gasteiger partial charge in [0.05, 0.1) is 0 Å². The van der Waals surface area contributed by atoms with E-state index in [1.807, 2.05) is 0 Å². The molecule has 0 spiro atoms. The van der Waals surface area contributed by atoms with E-state index in [0.717, 1.165) is 7.11 Å². The van der Waals surface area contributed by atoms with Gasteiger partial charge in [-0.15, -0.1) is 0 Å². The number of hydrogen-bond acceptors (Lipinski definition) is 7. The third kappa shape index (κ3) is 8.05. The van der Waals surface area contributed by atoms with Gasteiger partial charge in [0.25, 0.3) is 0 Å². The first kappa shape index (κ1) is 22.1. The standard InChI is InChI=1S/C4H13O7PSi.CH3.O.Zr/c1-7-12(5,6)11-13(8-2,9-3)10-4;;;/h1-4H3,(H,5,6);1H3;;/q;-1;;. The molecule has 0 amide bonds. The molecule has 0 heterocycles. The summed E-state index contributed by atoms with van der Waals surface area (Å²) in [6.07, 6.45) is 0. The van der Waals surface area contributed by atoms with Gasteiger partial charge in [0.2, 0.25) is 0 Å². The summed E-state index contributed by atoms with van der Waals surface area (Å²) < 4.78 is 42.3. The van der Waals surface area contributed by atoms with Crippen LogP contribution in [0.15, 0.2) is 0 Å². The molecule has 1 unspecified atom stereocenters. The Bertz CT molecular complexity index is 204. The van der Waals surface area contributed by atoms with Crippen LogP contribution in [0.2, 0.25) is 0 Å². The Hall–Kier alpha value is 0.890. The predicted molar refractivity (Wildman–Crippen MR) is 51.8 cm³/mol. The fourth-order valence-corrected chi connectivity index (χ4v) is 3.36. The Balaban J connectivity index is -0.000000529. The van der Waals surface area contributed by atoms with Gasteiger partial charge < -0.3 is 25.6 Å². The molecule has 0 fully saturated rings. The second kappa shape index (κ2) is 11.0. The van der Waals surface area contributed by atoms with Crippen LogP contribution < -0.4 is 0 Å². The van der Waals surface area contributed by atoms with Crippen LogP contribution >= 0.6 is 7.82 Å². The maximum atomic E-state index is 11.0. The SMILES string of the molecule is CO[Si](OC)(OC)OP(=O)(O)OC.[CH3-].[O]=[Zr]. The van der Waals surface area contributed by atoms with Crippen LogP contribution in [0, 0.1) is 7.43 Å². The van der Waals surface area contributed by atoms with Gasteiger partial charge in [-0.2, -0.15) is 0 Å². The van der Waals surface area contributed by atoms with Crippen molar-refractivity contribution in [1.29, 1.82) is 0 Å². The van der Waals surface area contributed by atoms with E-state index in [4.69, 9.17) is 21.0 Å². The fraction of sp³-hybridized carbons (Fsp3) is 0.800. The van der Waals surface area contributed by atoms with Gasteiger partial charge >= 0.3 is 44.4 Å². The van der Waals surface area contributed by atoms with Crippen molar-refractivity contribution in [2.75, 3.05) is 28.4 Å².